The molecule has 46 heavy (non-hydrogen) atoms. The predicted molar refractivity (Wildman–Crippen MR) is 160 cm³/mol. The van der Waals surface area contributed by atoms with E-state index in [1.807, 2.05) is 4.72 Å². The zero-order valence-electron chi connectivity index (χ0n) is 22.4. The number of nitrogens with one attached hydrogen (secondary N) is 2. The highest BCUT2D eigenvalue weighted by Gasteiger charge is 2.28. The minimum Gasteiger partial charge on any atom is -0.283 e. The van der Waals surface area contributed by atoms with E-state index in [9.17, 15) is 65.9 Å². The predicted octanol–water partition coefficient (Wildman–Crippen LogP) is 2.23. The van der Waals surface area contributed by atoms with Crippen molar-refractivity contribution < 1.29 is 60.7 Å². The van der Waals surface area contributed by atoms with Gasteiger partial charge in [0, 0.05) is 28.6 Å². The van der Waals surface area contributed by atoms with Crippen LogP contribution in [-0.2, 0) is 56.2 Å². The summed E-state index contributed by atoms with van der Waals surface area (Å²) < 4.78 is 157. The van der Waals surface area contributed by atoms with Crippen LogP contribution in [0.2, 0.25) is 0 Å². The lowest BCUT2D eigenvalue weighted by atomic mass is 10.1. The van der Waals surface area contributed by atoms with Crippen molar-refractivity contribution in [3.05, 3.63) is 88.5 Å². The highest BCUT2D eigenvalue weighted by Crippen LogP contribution is 2.37. The Kier molecular flexibility index (Phi) is 8.92. The van der Waals surface area contributed by atoms with Crippen molar-refractivity contribution in [3.8, 4) is 0 Å². The third-order valence-electron chi connectivity index (χ3n) is 6.01. The van der Waals surface area contributed by atoms with Gasteiger partial charge in [-0.25, -0.2) is 16.8 Å². The molecule has 0 aliphatic carbocycles. The second kappa shape index (κ2) is 11.8. The molecule has 0 atom stereocenters. The van der Waals surface area contributed by atoms with Crippen molar-refractivity contribution in [2.24, 2.45) is 0 Å². The Balaban J connectivity index is 1.76. The summed E-state index contributed by atoms with van der Waals surface area (Å²) in [6.45, 7) is 0. The lowest BCUT2D eigenvalue weighted by molar-refractivity contribution is -0.385. The van der Waals surface area contributed by atoms with Gasteiger partial charge >= 0.3 is 0 Å². The van der Waals surface area contributed by atoms with Crippen LogP contribution in [0.1, 0.15) is 5.56 Å². The van der Waals surface area contributed by atoms with Crippen molar-refractivity contribution in [2.45, 2.75) is 25.3 Å². The first-order valence-corrected chi connectivity index (χ1v) is 19.3. The van der Waals surface area contributed by atoms with Crippen molar-refractivity contribution >= 4 is 78.2 Å². The van der Waals surface area contributed by atoms with Crippen LogP contribution >= 0.6 is 0 Å². The molecule has 4 aromatic carbocycles. The molecule has 5 N–H and O–H groups in total. The Bertz CT molecular complexity index is 2480. The number of fused-ring (bicyclic) bond motifs is 1. The summed E-state index contributed by atoms with van der Waals surface area (Å²) in [5.74, 6) is -0.925. The number of hydrogen-bond acceptors (Lipinski definition) is 12. The Hall–Kier alpha value is -4.23. The maximum atomic E-state index is 13.2. The Morgan fingerprint density at radius 1 is 0.652 bits per heavy atom. The molecule has 0 radical (unpaired) electrons. The molecule has 0 aliphatic heterocycles. The van der Waals surface area contributed by atoms with Crippen LogP contribution in [0.4, 0.5) is 17.1 Å². The SMILES string of the molecule is O=[N+]([O-])c1cccc(S(=O)(=O)Nc2cccc(CS(=O)(=O)Nc3ccc(S(=O)(=O)O)c4cc(S(=O)(=O)O)cc(S(=O)(=O)O)c34)c2)c1. The minimum absolute atomic E-state index is 0.0609. The maximum absolute atomic E-state index is 13.2. The quantitative estimate of drug-likeness (QED) is 0.0837. The van der Waals surface area contributed by atoms with Crippen molar-refractivity contribution in [3.63, 3.8) is 0 Å². The van der Waals surface area contributed by atoms with Gasteiger partial charge in [-0.2, -0.15) is 25.3 Å². The second-order valence-corrected chi connectivity index (χ2v) is 16.9. The first-order valence-electron chi connectivity index (χ1n) is 11.9. The normalized spacial score (nSPS) is 12.9. The van der Waals surface area contributed by atoms with Gasteiger partial charge in [-0.05, 0) is 48.0 Å². The number of benzene rings is 4. The van der Waals surface area contributed by atoms with Gasteiger partial charge < -0.3 is 0 Å². The van der Waals surface area contributed by atoms with Gasteiger partial charge in [0.25, 0.3) is 46.1 Å². The summed E-state index contributed by atoms with van der Waals surface area (Å²) >= 11 is 0. The smallest absolute Gasteiger partial charge is 0.283 e. The topological polar surface area (TPSA) is 299 Å². The lowest BCUT2D eigenvalue weighted by Gasteiger charge is -2.16. The number of nitro groups is 1. The highest BCUT2D eigenvalue weighted by atomic mass is 32.2. The number of anilines is 2. The Morgan fingerprint density at radius 3 is 1.87 bits per heavy atom. The van der Waals surface area contributed by atoms with Crippen LogP contribution in [0.5, 0.6) is 0 Å². The summed E-state index contributed by atoms with van der Waals surface area (Å²) in [6, 6.07) is 10.9. The molecule has 0 aliphatic rings. The minimum atomic E-state index is -5.45. The number of non-ortho nitro benzene ring substituents is 1. The summed E-state index contributed by atoms with van der Waals surface area (Å²) in [4.78, 5) is 6.07. The van der Waals surface area contributed by atoms with E-state index in [0.29, 0.717) is 18.2 Å². The number of nitrogens with zero attached hydrogens (tertiary/aromatic N) is 1. The Labute approximate surface area is 261 Å². The zero-order chi connectivity index (χ0) is 34.5. The molecule has 4 aromatic rings. The third kappa shape index (κ3) is 7.76. The van der Waals surface area contributed by atoms with E-state index in [1.165, 1.54) is 18.2 Å². The molecule has 0 heterocycles. The van der Waals surface area contributed by atoms with Gasteiger partial charge in [-0.1, -0.05) is 18.2 Å². The number of hydrogen-bond donors (Lipinski definition) is 5. The van der Waals surface area contributed by atoms with E-state index in [4.69, 9.17) is 0 Å². The summed E-state index contributed by atoms with van der Waals surface area (Å²) in [5, 5.41) is 9.21. The average Bonchev–Trinajstić information content (AvgIpc) is 2.90. The summed E-state index contributed by atoms with van der Waals surface area (Å²) in [7, 11) is -24.9. The fraction of sp³-hybridized carbons (Fsp3) is 0.0435. The van der Waals surface area contributed by atoms with Gasteiger partial charge in [0.05, 0.1) is 26.2 Å². The van der Waals surface area contributed by atoms with Gasteiger partial charge in [0.1, 0.15) is 9.79 Å². The largest absolute Gasteiger partial charge is 0.295 e. The molecule has 18 nitrogen and oxygen atoms in total. The standard InChI is InChI=1S/C23H19N3O15S5/c27-26(28)16-5-2-6-17(10-16)43(31,32)24-15-4-1-3-14(9-15)13-42(29,30)25-20-7-8-21(45(36,37)38)19-11-18(44(33,34)35)12-22(23(19)20)46(39,40)41/h1-12,24-25H,13H2,(H,33,34,35)(H,36,37,38)(H,39,40,41). The van der Waals surface area contributed by atoms with Crippen molar-refractivity contribution in [1.82, 2.24) is 0 Å². The maximum Gasteiger partial charge on any atom is 0.295 e. The number of sulfonamides is 2. The highest BCUT2D eigenvalue weighted by molar-refractivity contribution is 7.93. The van der Waals surface area contributed by atoms with E-state index >= 15 is 0 Å². The van der Waals surface area contributed by atoms with E-state index in [2.05, 4.69) is 4.72 Å². The van der Waals surface area contributed by atoms with E-state index < -0.39 is 103 Å². The Morgan fingerprint density at radius 2 is 1.28 bits per heavy atom. The molecule has 0 saturated heterocycles. The third-order valence-corrected chi connectivity index (χ3v) is 11.2. The number of rotatable bonds is 11. The van der Waals surface area contributed by atoms with E-state index in [-0.39, 0.29) is 17.3 Å². The van der Waals surface area contributed by atoms with Crippen molar-refractivity contribution in [1.29, 1.82) is 0 Å². The molecule has 0 saturated carbocycles. The van der Waals surface area contributed by atoms with E-state index in [0.717, 1.165) is 30.3 Å². The van der Waals surface area contributed by atoms with Gasteiger partial charge in [0.2, 0.25) is 10.0 Å². The lowest BCUT2D eigenvalue weighted by Crippen LogP contribution is -2.17. The number of nitro benzene ring substituents is 1. The zero-order valence-corrected chi connectivity index (χ0v) is 26.4. The van der Waals surface area contributed by atoms with Crippen molar-refractivity contribution in [2.75, 3.05) is 9.44 Å². The molecule has 0 amide bonds. The van der Waals surface area contributed by atoms with Crippen LogP contribution in [0.15, 0.2) is 92.4 Å². The molecule has 0 bridgehead atoms. The van der Waals surface area contributed by atoms with Gasteiger partial charge in [-0.3, -0.25) is 33.2 Å². The molecular weight excluding hydrogens is 719 g/mol. The first kappa shape index (κ1) is 34.6. The molecule has 0 aromatic heterocycles. The van der Waals surface area contributed by atoms with Crippen LogP contribution in [0.3, 0.4) is 0 Å². The molecule has 0 unspecified atom stereocenters. The molecular formula is C23H19N3O15S5. The molecule has 4 rings (SSSR count). The molecule has 0 spiro atoms. The van der Waals surface area contributed by atoms with Crippen LogP contribution < -0.4 is 9.44 Å². The molecule has 246 valence electrons. The fourth-order valence-corrected chi connectivity index (χ4v) is 8.51. The average molecular weight is 738 g/mol. The molecule has 23 heteroatoms. The van der Waals surface area contributed by atoms with Gasteiger partial charge in [0.15, 0.2) is 0 Å². The first-order chi connectivity index (χ1) is 21.0. The monoisotopic (exact) mass is 737 g/mol. The van der Waals surface area contributed by atoms with Crippen LogP contribution in [0.25, 0.3) is 10.8 Å². The van der Waals surface area contributed by atoms with Gasteiger partial charge in [-0.15, -0.1) is 0 Å². The summed E-state index contributed by atoms with van der Waals surface area (Å²) in [6.07, 6.45) is 0. The van der Waals surface area contributed by atoms with E-state index in [1.54, 1.807) is 0 Å². The molecule has 0 fully saturated rings. The second-order valence-electron chi connectivity index (χ2n) is 9.30. The summed E-state index contributed by atoms with van der Waals surface area (Å²) in [5.41, 5.74) is -1.43. The fourth-order valence-electron chi connectivity index (χ4n) is 4.18. The van der Waals surface area contributed by atoms with Crippen LogP contribution in [-0.4, -0.2) is 60.7 Å². The van der Waals surface area contributed by atoms with Crippen LogP contribution in [0, 0.1) is 10.1 Å².